The molecule has 1 aliphatic rings. The summed E-state index contributed by atoms with van der Waals surface area (Å²) in [6, 6.07) is 5.21. The number of rotatable bonds is 4. The minimum Gasteiger partial charge on any atom is -0.469 e. The highest BCUT2D eigenvalue weighted by Crippen LogP contribution is 2.26. The summed E-state index contributed by atoms with van der Waals surface area (Å²) in [7, 11) is 1.28. The lowest BCUT2D eigenvalue weighted by Crippen LogP contribution is -2.14. The number of nitrogens with one attached hydrogen (secondary N) is 2. The Balaban J connectivity index is 1.93. The number of benzene rings is 1. The topological polar surface area (TPSA) is 84.5 Å². The van der Waals surface area contributed by atoms with Crippen molar-refractivity contribution >= 4 is 29.2 Å². The van der Waals surface area contributed by atoms with Gasteiger partial charge in [0.15, 0.2) is 0 Å². The van der Waals surface area contributed by atoms with Crippen LogP contribution in [0.3, 0.4) is 0 Å². The van der Waals surface area contributed by atoms with E-state index in [0.29, 0.717) is 12.1 Å². The predicted molar refractivity (Wildman–Crippen MR) is 68.7 cm³/mol. The van der Waals surface area contributed by atoms with Crippen molar-refractivity contribution in [2.45, 2.75) is 19.3 Å². The van der Waals surface area contributed by atoms with Gasteiger partial charge in [-0.25, -0.2) is 0 Å². The van der Waals surface area contributed by atoms with Gasteiger partial charge in [0, 0.05) is 17.8 Å². The number of hydrogen-bond donors (Lipinski definition) is 2. The number of ether oxygens (including phenoxy) is 1. The summed E-state index contributed by atoms with van der Waals surface area (Å²) < 4.78 is 4.46. The van der Waals surface area contributed by atoms with Crippen LogP contribution in [0.15, 0.2) is 18.2 Å². The normalized spacial score (nSPS) is 12.6. The Morgan fingerprint density at radius 1 is 1.37 bits per heavy atom. The number of carbonyl (C=O) groups excluding carboxylic acids is 3. The molecule has 2 rings (SSSR count). The van der Waals surface area contributed by atoms with Gasteiger partial charge in [-0.05, 0) is 23.8 Å². The maximum absolute atomic E-state index is 11.6. The number of methoxy groups -OCH3 is 1. The van der Waals surface area contributed by atoms with Crippen LogP contribution in [0.5, 0.6) is 0 Å². The van der Waals surface area contributed by atoms with E-state index in [1.165, 1.54) is 7.11 Å². The van der Waals surface area contributed by atoms with E-state index in [9.17, 15) is 14.4 Å². The van der Waals surface area contributed by atoms with Gasteiger partial charge in [-0.15, -0.1) is 0 Å². The molecule has 1 heterocycles. The third-order valence-corrected chi connectivity index (χ3v) is 2.80. The van der Waals surface area contributed by atoms with Crippen LogP contribution in [0.25, 0.3) is 0 Å². The number of fused-ring (bicyclic) bond motifs is 1. The Morgan fingerprint density at radius 3 is 2.89 bits per heavy atom. The highest BCUT2D eigenvalue weighted by molar-refractivity contribution is 6.00. The van der Waals surface area contributed by atoms with Crippen molar-refractivity contribution in [2.75, 3.05) is 17.7 Å². The summed E-state index contributed by atoms with van der Waals surface area (Å²) in [4.78, 5) is 33.7. The molecule has 0 atom stereocenters. The van der Waals surface area contributed by atoms with Crippen molar-refractivity contribution in [3.8, 4) is 0 Å². The molecule has 19 heavy (non-hydrogen) atoms. The second-order valence-corrected chi connectivity index (χ2v) is 4.22. The number of anilines is 2. The minimum absolute atomic E-state index is 0.0489. The fourth-order valence-electron chi connectivity index (χ4n) is 1.85. The highest BCUT2D eigenvalue weighted by Gasteiger charge is 2.17. The number of hydrogen-bond acceptors (Lipinski definition) is 4. The van der Waals surface area contributed by atoms with Crippen molar-refractivity contribution in [3.05, 3.63) is 23.8 Å². The predicted octanol–water partition coefficient (Wildman–Crippen LogP) is 1.07. The van der Waals surface area contributed by atoms with Gasteiger partial charge in [-0.3, -0.25) is 14.4 Å². The van der Waals surface area contributed by atoms with E-state index in [2.05, 4.69) is 15.4 Å². The fourth-order valence-corrected chi connectivity index (χ4v) is 1.85. The zero-order chi connectivity index (χ0) is 13.8. The molecule has 0 saturated carbocycles. The van der Waals surface area contributed by atoms with Crippen LogP contribution < -0.4 is 10.6 Å². The molecule has 0 radical (unpaired) electrons. The van der Waals surface area contributed by atoms with E-state index >= 15 is 0 Å². The molecule has 1 aromatic rings. The molecular formula is C13H14N2O4. The number of amides is 2. The molecule has 0 saturated heterocycles. The Labute approximate surface area is 110 Å². The van der Waals surface area contributed by atoms with Gasteiger partial charge in [0.05, 0.1) is 20.0 Å². The summed E-state index contributed by atoms with van der Waals surface area (Å²) in [5.74, 6) is -0.731. The van der Waals surface area contributed by atoms with Crippen molar-refractivity contribution in [3.63, 3.8) is 0 Å². The first-order chi connectivity index (χ1) is 9.08. The largest absolute Gasteiger partial charge is 0.469 e. The summed E-state index contributed by atoms with van der Waals surface area (Å²) in [6.45, 7) is 0. The van der Waals surface area contributed by atoms with Gasteiger partial charge in [0.25, 0.3) is 0 Å². The van der Waals surface area contributed by atoms with Gasteiger partial charge < -0.3 is 15.4 Å². The summed E-state index contributed by atoms with van der Waals surface area (Å²) in [5, 5.41) is 5.39. The molecule has 0 aliphatic carbocycles. The molecule has 6 nitrogen and oxygen atoms in total. The van der Waals surface area contributed by atoms with Crippen LogP contribution in [0, 0.1) is 0 Å². The summed E-state index contributed by atoms with van der Waals surface area (Å²) in [6.07, 6.45) is 0.440. The first kappa shape index (κ1) is 13.1. The molecule has 6 heteroatoms. The average molecular weight is 262 g/mol. The first-order valence-corrected chi connectivity index (χ1v) is 5.88. The highest BCUT2D eigenvalue weighted by atomic mass is 16.5. The summed E-state index contributed by atoms with van der Waals surface area (Å²) >= 11 is 0. The Morgan fingerprint density at radius 2 is 2.16 bits per heavy atom. The zero-order valence-electron chi connectivity index (χ0n) is 10.5. The zero-order valence-corrected chi connectivity index (χ0v) is 10.5. The lowest BCUT2D eigenvalue weighted by Gasteiger charge is -2.06. The van der Waals surface area contributed by atoms with Crippen LogP contribution in [-0.2, 0) is 25.5 Å². The lowest BCUT2D eigenvalue weighted by molar-refractivity contribution is -0.141. The molecule has 0 unspecified atom stereocenters. The molecule has 2 amide bonds. The van der Waals surface area contributed by atoms with E-state index in [1.807, 2.05) is 0 Å². The molecule has 0 fully saturated rings. The lowest BCUT2D eigenvalue weighted by atomic mass is 10.1. The average Bonchev–Trinajstić information content (AvgIpc) is 2.75. The molecule has 2 N–H and O–H groups in total. The van der Waals surface area contributed by atoms with Crippen molar-refractivity contribution < 1.29 is 19.1 Å². The van der Waals surface area contributed by atoms with E-state index in [-0.39, 0.29) is 24.7 Å². The molecule has 0 bridgehead atoms. The van der Waals surface area contributed by atoms with Gasteiger partial charge >= 0.3 is 5.97 Å². The smallest absolute Gasteiger partial charge is 0.306 e. The third kappa shape index (κ3) is 3.31. The van der Waals surface area contributed by atoms with E-state index < -0.39 is 5.97 Å². The Kier molecular flexibility index (Phi) is 3.79. The van der Waals surface area contributed by atoms with Crippen LogP contribution in [0.1, 0.15) is 18.4 Å². The fraction of sp³-hybridized carbons (Fsp3) is 0.308. The van der Waals surface area contributed by atoms with Crippen LogP contribution >= 0.6 is 0 Å². The van der Waals surface area contributed by atoms with E-state index in [0.717, 1.165) is 11.3 Å². The summed E-state index contributed by atoms with van der Waals surface area (Å²) in [5.41, 5.74) is 2.25. The van der Waals surface area contributed by atoms with Crippen LogP contribution in [0.2, 0.25) is 0 Å². The molecule has 100 valence electrons. The SMILES string of the molecule is COC(=O)CCC(=O)Nc1ccc2c(c1)CC(=O)N2. The van der Waals surface area contributed by atoms with E-state index in [1.54, 1.807) is 18.2 Å². The Hall–Kier alpha value is -2.37. The molecule has 1 aromatic carbocycles. The number of carbonyl (C=O) groups is 3. The third-order valence-electron chi connectivity index (χ3n) is 2.80. The van der Waals surface area contributed by atoms with Crippen molar-refractivity contribution in [2.24, 2.45) is 0 Å². The monoisotopic (exact) mass is 262 g/mol. The van der Waals surface area contributed by atoms with E-state index in [4.69, 9.17) is 0 Å². The maximum atomic E-state index is 11.6. The van der Waals surface area contributed by atoms with Gasteiger partial charge in [-0.1, -0.05) is 0 Å². The standard InChI is InChI=1S/C13H14N2O4/c1-19-13(18)5-4-11(16)14-9-2-3-10-8(6-9)7-12(17)15-10/h2-3,6H,4-5,7H2,1H3,(H,14,16)(H,15,17). The van der Waals surface area contributed by atoms with Gasteiger partial charge in [0.1, 0.15) is 0 Å². The molecular weight excluding hydrogens is 248 g/mol. The first-order valence-electron chi connectivity index (χ1n) is 5.88. The molecule has 1 aliphatic heterocycles. The second kappa shape index (κ2) is 5.51. The van der Waals surface area contributed by atoms with Crippen LogP contribution in [-0.4, -0.2) is 24.9 Å². The molecule has 0 aromatic heterocycles. The molecule has 0 spiro atoms. The van der Waals surface area contributed by atoms with Crippen LogP contribution in [0.4, 0.5) is 11.4 Å². The van der Waals surface area contributed by atoms with Crippen molar-refractivity contribution in [1.82, 2.24) is 0 Å². The van der Waals surface area contributed by atoms with Gasteiger partial charge in [-0.2, -0.15) is 0 Å². The Bertz CT molecular complexity index is 539. The quantitative estimate of drug-likeness (QED) is 0.795. The van der Waals surface area contributed by atoms with Gasteiger partial charge in [0.2, 0.25) is 11.8 Å². The second-order valence-electron chi connectivity index (χ2n) is 4.22. The minimum atomic E-state index is -0.418. The van der Waals surface area contributed by atoms with Crippen molar-refractivity contribution in [1.29, 1.82) is 0 Å². The number of esters is 1. The maximum Gasteiger partial charge on any atom is 0.306 e.